The van der Waals surface area contributed by atoms with Gasteiger partial charge in [-0.2, -0.15) is 0 Å². The molecule has 3 nitrogen and oxygen atoms in total. The quantitative estimate of drug-likeness (QED) is 0.613. The van der Waals surface area contributed by atoms with Gasteiger partial charge in [0.05, 0.1) is 6.61 Å². The lowest BCUT2D eigenvalue weighted by molar-refractivity contribution is 0.202. The second-order valence-corrected chi connectivity index (χ2v) is 5.26. The molecule has 0 aliphatic carbocycles. The highest BCUT2D eigenvalue weighted by molar-refractivity contribution is 5.27. The van der Waals surface area contributed by atoms with Gasteiger partial charge in [-0.25, -0.2) is 0 Å². The maximum atomic E-state index is 5.79. The summed E-state index contributed by atoms with van der Waals surface area (Å²) in [5, 5.41) is 0. The molecule has 2 N–H and O–H groups in total. The Kier molecular flexibility index (Phi) is 6.09. The Hall–Kier alpha value is -1.32. The highest BCUT2D eigenvalue weighted by Gasteiger charge is 2.16. The summed E-state index contributed by atoms with van der Waals surface area (Å²) in [6.07, 6.45) is 7.71. The molecule has 0 amide bonds. The van der Waals surface area contributed by atoms with Gasteiger partial charge >= 0.3 is 0 Å². The summed E-state index contributed by atoms with van der Waals surface area (Å²) in [6, 6.07) is 8.80. The van der Waals surface area contributed by atoms with E-state index in [9.17, 15) is 0 Å². The van der Waals surface area contributed by atoms with Crippen molar-refractivity contribution in [1.29, 1.82) is 0 Å². The van der Waals surface area contributed by atoms with Gasteiger partial charge in [0.25, 0.3) is 0 Å². The third-order valence-electron chi connectivity index (χ3n) is 3.84. The number of nitrogens with two attached hydrogens (primary N) is 1. The van der Waals surface area contributed by atoms with Crippen LogP contribution in [-0.2, 0) is 6.42 Å². The Morgan fingerprint density at radius 2 is 2.10 bits per heavy atom. The Morgan fingerprint density at radius 1 is 1.30 bits per heavy atom. The first-order valence-corrected chi connectivity index (χ1v) is 7.66. The van der Waals surface area contributed by atoms with Crippen molar-refractivity contribution in [1.82, 2.24) is 4.90 Å². The lowest BCUT2D eigenvalue weighted by Crippen LogP contribution is -2.42. The van der Waals surface area contributed by atoms with Crippen LogP contribution in [0.25, 0.3) is 0 Å². The molecule has 1 unspecified atom stereocenters. The zero-order chi connectivity index (χ0) is 14.2. The van der Waals surface area contributed by atoms with Crippen molar-refractivity contribution in [3.8, 4) is 5.75 Å². The lowest BCUT2D eigenvalue weighted by atomic mass is 10.1. The second kappa shape index (κ2) is 8.08. The maximum absolute atomic E-state index is 5.79. The van der Waals surface area contributed by atoms with Gasteiger partial charge in [0.15, 0.2) is 0 Å². The predicted molar refractivity (Wildman–Crippen MR) is 84.1 cm³/mol. The number of benzene rings is 1. The molecule has 0 saturated carbocycles. The van der Waals surface area contributed by atoms with Crippen LogP contribution < -0.4 is 10.5 Å². The fourth-order valence-electron chi connectivity index (χ4n) is 2.57. The molecule has 0 aromatic heterocycles. The largest absolute Gasteiger partial charge is 0.494 e. The molecule has 2 rings (SSSR count). The van der Waals surface area contributed by atoms with Crippen LogP contribution >= 0.6 is 0 Å². The molecule has 1 aromatic carbocycles. The molecule has 110 valence electrons. The molecule has 0 bridgehead atoms. The van der Waals surface area contributed by atoms with Crippen molar-refractivity contribution in [3.63, 3.8) is 0 Å². The molecule has 1 atom stereocenters. The van der Waals surface area contributed by atoms with E-state index in [-0.39, 0.29) is 0 Å². The van der Waals surface area contributed by atoms with E-state index >= 15 is 0 Å². The minimum Gasteiger partial charge on any atom is -0.494 e. The van der Waals surface area contributed by atoms with Crippen molar-refractivity contribution in [2.45, 2.75) is 32.2 Å². The summed E-state index contributed by atoms with van der Waals surface area (Å²) in [6.45, 7) is 5.80. The maximum Gasteiger partial charge on any atom is 0.119 e. The van der Waals surface area contributed by atoms with E-state index in [2.05, 4.69) is 48.2 Å². The molecule has 0 radical (unpaired) electrons. The zero-order valence-corrected chi connectivity index (χ0v) is 12.4. The van der Waals surface area contributed by atoms with E-state index in [1.165, 1.54) is 5.56 Å². The zero-order valence-electron chi connectivity index (χ0n) is 12.4. The molecule has 1 aliphatic heterocycles. The highest BCUT2D eigenvalue weighted by Crippen LogP contribution is 2.13. The Balaban J connectivity index is 1.69. The lowest BCUT2D eigenvalue weighted by Gasteiger charge is -2.31. The van der Waals surface area contributed by atoms with E-state index in [1.54, 1.807) is 0 Å². The number of rotatable bonds is 7. The van der Waals surface area contributed by atoms with Crippen LogP contribution in [0.3, 0.4) is 0 Å². The summed E-state index contributed by atoms with van der Waals surface area (Å²) < 4.78 is 5.79. The third-order valence-corrected chi connectivity index (χ3v) is 3.84. The van der Waals surface area contributed by atoms with Crippen molar-refractivity contribution >= 4 is 0 Å². The molecule has 1 aliphatic rings. The minimum atomic E-state index is 0.410. The van der Waals surface area contributed by atoms with Gasteiger partial charge < -0.3 is 10.5 Å². The number of ether oxygens (including phenoxy) is 1. The molecule has 0 fully saturated rings. The number of aryl methyl sites for hydroxylation is 1. The first kappa shape index (κ1) is 15.1. The van der Waals surface area contributed by atoms with Gasteiger partial charge in [0.1, 0.15) is 5.75 Å². The van der Waals surface area contributed by atoms with Gasteiger partial charge in [0, 0.05) is 25.7 Å². The van der Waals surface area contributed by atoms with Crippen molar-refractivity contribution in [2.75, 3.05) is 26.2 Å². The van der Waals surface area contributed by atoms with E-state index in [0.717, 1.165) is 44.7 Å². The molecule has 0 saturated heterocycles. The van der Waals surface area contributed by atoms with Gasteiger partial charge in [-0.3, -0.25) is 4.90 Å². The highest BCUT2D eigenvalue weighted by atomic mass is 16.5. The monoisotopic (exact) mass is 274 g/mol. The summed E-state index contributed by atoms with van der Waals surface area (Å²) in [4.78, 5) is 2.45. The topological polar surface area (TPSA) is 38.5 Å². The van der Waals surface area contributed by atoms with Crippen molar-refractivity contribution in [3.05, 3.63) is 42.0 Å². The Labute approximate surface area is 122 Å². The fourth-order valence-corrected chi connectivity index (χ4v) is 2.57. The van der Waals surface area contributed by atoms with Crippen molar-refractivity contribution < 1.29 is 4.74 Å². The summed E-state index contributed by atoms with van der Waals surface area (Å²) in [7, 11) is 0. The van der Waals surface area contributed by atoms with Crippen LogP contribution in [0.2, 0.25) is 0 Å². The van der Waals surface area contributed by atoms with Crippen molar-refractivity contribution in [2.24, 2.45) is 5.73 Å². The van der Waals surface area contributed by atoms with Crippen LogP contribution in [-0.4, -0.2) is 37.2 Å². The molecule has 0 spiro atoms. The fraction of sp³-hybridized carbons (Fsp3) is 0.529. The predicted octanol–water partition coefficient (Wildman–Crippen LogP) is 2.61. The molecule has 1 heterocycles. The molecule has 20 heavy (non-hydrogen) atoms. The number of hydrogen-bond acceptors (Lipinski definition) is 3. The summed E-state index contributed by atoms with van der Waals surface area (Å²) >= 11 is 0. The third kappa shape index (κ3) is 4.36. The minimum absolute atomic E-state index is 0.410. The normalized spacial score (nSPS) is 19.2. The van der Waals surface area contributed by atoms with Crippen LogP contribution in [0.1, 0.15) is 25.3 Å². The average Bonchev–Trinajstić information content (AvgIpc) is 2.52. The van der Waals surface area contributed by atoms with E-state index in [4.69, 9.17) is 10.5 Å². The molecule has 3 heteroatoms. The number of nitrogens with zero attached hydrogens (tertiary/aromatic N) is 1. The number of hydrogen-bond donors (Lipinski definition) is 1. The summed E-state index contributed by atoms with van der Waals surface area (Å²) in [5.74, 6) is 0.969. The SMILES string of the molecule is CCc1ccc(OCCCN2CCC=CC2CN)cc1. The first-order chi connectivity index (χ1) is 9.83. The van der Waals surface area contributed by atoms with E-state index in [1.807, 2.05) is 0 Å². The van der Waals surface area contributed by atoms with Gasteiger partial charge in [0.2, 0.25) is 0 Å². The summed E-state index contributed by atoms with van der Waals surface area (Å²) in [5.41, 5.74) is 7.14. The molecular weight excluding hydrogens is 248 g/mol. The smallest absolute Gasteiger partial charge is 0.119 e. The first-order valence-electron chi connectivity index (χ1n) is 7.66. The van der Waals surface area contributed by atoms with Crippen LogP contribution in [0, 0.1) is 0 Å². The van der Waals surface area contributed by atoms with Crippen LogP contribution in [0.4, 0.5) is 0 Å². The van der Waals surface area contributed by atoms with E-state index < -0.39 is 0 Å². The Morgan fingerprint density at radius 3 is 2.80 bits per heavy atom. The van der Waals surface area contributed by atoms with Crippen LogP contribution in [0.5, 0.6) is 5.75 Å². The van der Waals surface area contributed by atoms with Gasteiger partial charge in [-0.15, -0.1) is 0 Å². The molecular formula is C17H26N2O. The van der Waals surface area contributed by atoms with E-state index in [0.29, 0.717) is 12.6 Å². The average molecular weight is 274 g/mol. The van der Waals surface area contributed by atoms with Crippen LogP contribution in [0.15, 0.2) is 36.4 Å². The Bertz CT molecular complexity index is 414. The second-order valence-electron chi connectivity index (χ2n) is 5.26. The molecule has 1 aromatic rings. The van der Waals surface area contributed by atoms with Gasteiger partial charge in [-0.05, 0) is 37.0 Å². The standard InChI is InChI=1S/C17H26N2O/c1-2-15-7-9-17(10-8-15)20-13-5-12-19-11-4-3-6-16(19)14-18/h3,6-10,16H,2,4-5,11-14,18H2,1H3. The van der Waals surface area contributed by atoms with Gasteiger partial charge in [-0.1, -0.05) is 31.2 Å².